The van der Waals surface area contributed by atoms with Gasteiger partial charge in [0, 0.05) is 14.1 Å². The number of amides is 2. The molecule has 2 amide bonds. The van der Waals surface area contributed by atoms with Gasteiger partial charge in [0.15, 0.2) is 0 Å². The fraction of sp³-hybridized carbons (Fsp3) is 0.235. The minimum atomic E-state index is -0.211. The zero-order valence-corrected chi connectivity index (χ0v) is 12.6. The van der Waals surface area contributed by atoms with Crippen molar-refractivity contribution in [3.05, 3.63) is 60.2 Å². The van der Waals surface area contributed by atoms with E-state index in [1.165, 1.54) is 5.56 Å². The van der Waals surface area contributed by atoms with Gasteiger partial charge in [0.2, 0.25) is 0 Å². The van der Waals surface area contributed by atoms with Gasteiger partial charge in [-0.1, -0.05) is 48.5 Å². The second-order valence-electron chi connectivity index (χ2n) is 5.19. The molecule has 2 aromatic rings. The molecular weight excluding hydrogens is 262 g/mol. The molecule has 2 aromatic carbocycles. The first-order valence-electron chi connectivity index (χ1n) is 6.96. The summed E-state index contributed by atoms with van der Waals surface area (Å²) in [5.74, 6) is 0. The lowest BCUT2D eigenvalue weighted by Gasteiger charge is -2.18. The smallest absolute Gasteiger partial charge is 0.329 e. The van der Waals surface area contributed by atoms with Crippen LogP contribution in [0.4, 0.5) is 4.79 Å². The molecule has 1 unspecified atom stereocenters. The van der Waals surface area contributed by atoms with Crippen LogP contribution < -0.4 is 10.7 Å². The molecule has 0 saturated carbocycles. The molecule has 0 aliphatic rings. The van der Waals surface area contributed by atoms with Gasteiger partial charge < -0.3 is 5.32 Å². The zero-order chi connectivity index (χ0) is 15.2. The largest absolute Gasteiger partial charge is 0.331 e. The number of hydrogen-bond acceptors (Lipinski definition) is 2. The van der Waals surface area contributed by atoms with Crippen molar-refractivity contribution in [2.45, 2.75) is 13.0 Å². The van der Waals surface area contributed by atoms with E-state index >= 15 is 0 Å². The first kappa shape index (κ1) is 15.1. The van der Waals surface area contributed by atoms with E-state index < -0.39 is 0 Å². The minimum absolute atomic E-state index is 0.0615. The Balaban J connectivity index is 2.12. The van der Waals surface area contributed by atoms with Gasteiger partial charge in [-0.3, -0.25) is 5.43 Å². The number of hydrogen-bond donors (Lipinski definition) is 2. The lowest BCUT2D eigenvalue weighted by Crippen LogP contribution is -2.44. The summed E-state index contributed by atoms with van der Waals surface area (Å²) in [4.78, 5) is 11.7. The normalized spacial score (nSPS) is 12.0. The highest BCUT2D eigenvalue weighted by molar-refractivity contribution is 5.74. The maximum atomic E-state index is 11.7. The Hall–Kier alpha value is -2.33. The Morgan fingerprint density at radius 3 is 2.33 bits per heavy atom. The third-order valence-corrected chi connectivity index (χ3v) is 3.17. The average molecular weight is 283 g/mol. The van der Waals surface area contributed by atoms with Crippen molar-refractivity contribution in [1.29, 1.82) is 0 Å². The van der Waals surface area contributed by atoms with Crippen LogP contribution in [0.5, 0.6) is 0 Å². The van der Waals surface area contributed by atoms with Crippen LogP contribution in [0.2, 0.25) is 0 Å². The van der Waals surface area contributed by atoms with Crippen molar-refractivity contribution < 1.29 is 4.79 Å². The average Bonchev–Trinajstić information content (AvgIpc) is 2.47. The number of carbonyl (C=O) groups is 1. The molecule has 0 radical (unpaired) electrons. The van der Waals surface area contributed by atoms with Gasteiger partial charge in [-0.2, -0.15) is 0 Å². The van der Waals surface area contributed by atoms with Crippen molar-refractivity contribution in [3.63, 3.8) is 0 Å². The number of nitrogens with one attached hydrogen (secondary N) is 2. The topological polar surface area (TPSA) is 44.4 Å². The Labute approximate surface area is 125 Å². The Bertz CT molecular complexity index is 596. The van der Waals surface area contributed by atoms with Crippen molar-refractivity contribution in [2.24, 2.45) is 0 Å². The summed E-state index contributed by atoms with van der Waals surface area (Å²) in [6.07, 6.45) is 0. The SMILES string of the molecule is CC(NC(=O)NN(C)C)c1cccc(-c2ccccc2)c1. The minimum Gasteiger partial charge on any atom is -0.331 e. The van der Waals surface area contributed by atoms with E-state index in [2.05, 4.69) is 35.0 Å². The maximum absolute atomic E-state index is 11.7. The lowest BCUT2D eigenvalue weighted by molar-refractivity contribution is 0.209. The van der Waals surface area contributed by atoms with Crippen LogP contribution in [0.3, 0.4) is 0 Å². The maximum Gasteiger partial charge on any atom is 0.329 e. The summed E-state index contributed by atoms with van der Waals surface area (Å²) in [6, 6.07) is 18.2. The van der Waals surface area contributed by atoms with Gasteiger partial charge in [-0.05, 0) is 29.7 Å². The molecule has 21 heavy (non-hydrogen) atoms. The molecular formula is C17H21N3O. The van der Waals surface area contributed by atoms with Crippen LogP contribution in [0.1, 0.15) is 18.5 Å². The van der Waals surface area contributed by atoms with Gasteiger partial charge in [0.05, 0.1) is 6.04 Å². The number of nitrogens with zero attached hydrogens (tertiary/aromatic N) is 1. The van der Waals surface area contributed by atoms with Crippen LogP contribution in [-0.4, -0.2) is 25.1 Å². The molecule has 0 aromatic heterocycles. The summed E-state index contributed by atoms with van der Waals surface area (Å²) in [5, 5.41) is 4.53. The van der Waals surface area contributed by atoms with Gasteiger partial charge >= 0.3 is 6.03 Å². The number of rotatable bonds is 4. The second kappa shape index (κ2) is 6.90. The van der Waals surface area contributed by atoms with E-state index in [1.807, 2.05) is 37.3 Å². The quantitative estimate of drug-likeness (QED) is 0.846. The predicted octanol–water partition coefficient (Wildman–Crippen LogP) is 3.19. The molecule has 2 rings (SSSR count). The fourth-order valence-corrected chi connectivity index (χ4v) is 2.13. The summed E-state index contributed by atoms with van der Waals surface area (Å²) in [7, 11) is 3.56. The molecule has 110 valence electrons. The van der Waals surface area contributed by atoms with E-state index in [0.29, 0.717) is 0 Å². The van der Waals surface area contributed by atoms with Gasteiger partial charge in [0.25, 0.3) is 0 Å². The van der Waals surface area contributed by atoms with Crippen LogP contribution >= 0.6 is 0 Å². The Morgan fingerprint density at radius 1 is 1.00 bits per heavy atom. The Morgan fingerprint density at radius 2 is 1.67 bits per heavy atom. The van der Waals surface area contributed by atoms with Crippen LogP contribution in [0.25, 0.3) is 11.1 Å². The molecule has 2 N–H and O–H groups in total. The van der Waals surface area contributed by atoms with E-state index in [4.69, 9.17) is 0 Å². The molecule has 0 heterocycles. The van der Waals surface area contributed by atoms with Crippen molar-refractivity contribution in [2.75, 3.05) is 14.1 Å². The molecule has 1 atom stereocenters. The highest BCUT2D eigenvalue weighted by Crippen LogP contribution is 2.22. The van der Waals surface area contributed by atoms with Gasteiger partial charge in [0.1, 0.15) is 0 Å². The lowest BCUT2D eigenvalue weighted by atomic mass is 10.0. The summed E-state index contributed by atoms with van der Waals surface area (Å²) in [5.41, 5.74) is 6.07. The fourth-order valence-electron chi connectivity index (χ4n) is 2.13. The molecule has 0 fully saturated rings. The number of carbonyl (C=O) groups excluding carboxylic acids is 1. The van der Waals surface area contributed by atoms with E-state index in [-0.39, 0.29) is 12.1 Å². The predicted molar refractivity (Wildman–Crippen MR) is 85.6 cm³/mol. The number of hydrazine groups is 1. The van der Waals surface area contributed by atoms with Crippen LogP contribution in [-0.2, 0) is 0 Å². The van der Waals surface area contributed by atoms with Crippen LogP contribution in [0, 0.1) is 0 Å². The van der Waals surface area contributed by atoms with Crippen molar-refractivity contribution >= 4 is 6.03 Å². The first-order valence-corrected chi connectivity index (χ1v) is 6.96. The van der Waals surface area contributed by atoms with Gasteiger partial charge in [-0.25, -0.2) is 9.80 Å². The summed E-state index contributed by atoms with van der Waals surface area (Å²) >= 11 is 0. The summed E-state index contributed by atoms with van der Waals surface area (Å²) < 4.78 is 0. The standard InChI is InChI=1S/C17H21N3O/c1-13(18-17(21)19-20(2)3)15-10-7-11-16(12-15)14-8-5-4-6-9-14/h4-13H,1-3H3,(H2,18,19,21). The first-order chi connectivity index (χ1) is 10.1. The highest BCUT2D eigenvalue weighted by Gasteiger charge is 2.10. The molecule has 0 saturated heterocycles. The third kappa shape index (κ3) is 4.33. The second-order valence-corrected chi connectivity index (χ2v) is 5.19. The molecule has 0 spiro atoms. The molecule has 4 heteroatoms. The Kier molecular flexibility index (Phi) is 4.95. The van der Waals surface area contributed by atoms with Crippen molar-refractivity contribution in [3.8, 4) is 11.1 Å². The molecule has 4 nitrogen and oxygen atoms in total. The molecule has 0 aliphatic heterocycles. The molecule has 0 bridgehead atoms. The third-order valence-electron chi connectivity index (χ3n) is 3.17. The van der Waals surface area contributed by atoms with E-state index in [0.717, 1.165) is 11.1 Å². The highest BCUT2D eigenvalue weighted by atomic mass is 16.2. The van der Waals surface area contributed by atoms with Crippen molar-refractivity contribution in [1.82, 2.24) is 15.8 Å². The van der Waals surface area contributed by atoms with E-state index in [1.54, 1.807) is 19.1 Å². The molecule has 0 aliphatic carbocycles. The zero-order valence-electron chi connectivity index (χ0n) is 12.6. The summed E-state index contributed by atoms with van der Waals surface area (Å²) in [6.45, 7) is 1.97. The van der Waals surface area contributed by atoms with E-state index in [9.17, 15) is 4.79 Å². The number of benzene rings is 2. The number of urea groups is 1. The van der Waals surface area contributed by atoms with Crippen LogP contribution in [0.15, 0.2) is 54.6 Å². The van der Waals surface area contributed by atoms with Gasteiger partial charge in [-0.15, -0.1) is 0 Å². The monoisotopic (exact) mass is 283 g/mol.